The molecule has 0 radical (unpaired) electrons. The molecule has 1 saturated carbocycles. The van der Waals surface area contributed by atoms with Gasteiger partial charge in [0.05, 0.1) is 12.7 Å². The van der Waals surface area contributed by atoms with Gasteiger partial charge in [-0.25, -0.2) is 4.79 Å². The topological polar surface area (TPSA) is 103 Å². The molecule has 0 amide bonds. The lowest BCUT2D eigenvalue weighted by molar-refractivity contribution is -0.389. The molecule has 1 heterocycles. The summed E-state index contributed by atoms with van der Waals surface area (Å²) in [6.45, 7) is 0.430. The standard InChI is InChI=1S/C12H14N2O5/c15-12(16)9-5-11(14(17)18)13-6-10(9)19-7-8-3-1-2-4-8/h5-6,8H,1-4,7H2,(H,15,16). The first-order valence-corrected chi connectivity index (χ1v) is 6.08. The molecule has 1 aliphatic rings. The Balaban J connectivity index is 2.14. The molecule has 0 aromatic carbocycles. The monoisotopic (exact) mass is 266 g/mol. The number of hydrogen-bond donors (Lipinski definition) is 1. The van der Waals surface area contributed by atoms with Crippen LogP contribution in [0.15, 0.2) is 12.3 Å². The average Bonchev–Trinajstić information content (AvgIpc) is 2.89. The summed E-state index contributed by atoms with van der Waals surface area (Å²) in [5, 5.41) is 19.6. The summed E-state index contributed by atoms with van der Waals surface area (Å²) in [6, 6.07) is 0.923. The lowest BCUT2D eigenvalue weighted by Gasteiger charge is -2.11. The summed E-state index contributed by atoms with van der Waals surface area (Å²) in [4.78, 5) is 24.5. The van der Waals surface area contributed by atoms with Crippen LogP contribution in [0.2, 0.25) is 0 Å². The first kappa shape index (κ1) is 13.3. The zero-order valence-corrected chi connectivity index (χ0v) is 10.2. The molecule has 19 heavy (non-hydrogen) atoms. The van der Waals surface area contributed by atoms with Crippen molar-refractivity contribution in [3.63, 3.8) is 0 Å². The first-order valence-electron chi connectivity index (χ1n) is 6.08. The smallest absolute Gasteiger partial charge is 0.364 e. The minimum Gasteiger partial charge on any atom is -0.488 e. The molecular formula is C12H14N2O5. The molecule has 1 aliphatic carbocycles. The average molecular weight is 266 g/mol. The van der Waals surface area contributed by atoms with Gasteiger partial charge in [-0.3, -0.25) is 0 Å². The van der Waals surface area contributed by atoms with Crippen LogP contribution in [0.3, 0.4) is 0 Å². The van der Waals surface area contributed by atoms with E-state index in [9.17, 15) is 14.9 Å². The number of pyridine rings is 1. The Hall–Kier alpha value is -2.18. The fourth-order valence-electron chi connectivity index (χ4n) is 2.20. The zero-order chi connectivity index (χ0) is 13.8. The number of rotatable bonds is 5. The number of aromatic nitrogens is 1. The van der Waals surface area contributed by atoms with Crippen molar-refractivity contribution in [1.29, 1.82) is 0 Å². The number of ether oxygens (including phenoxy) is 1. The zero-order valence-electron chi connectivity index (χ0n) is 10.2. The van der Waals surface area contributed by atoms with Gasteiger partial charge in [0.25, 0.3) is 0 Å². The largest absolute Gasteiger partial charge is 0.488 e. The maximum absolute atomic E-state index is 11.1. The van der Waals surface area contributed by atoms with E-state index in [1.54, 1.807) is 0 Å². The van der Waals surface area contributed by atoms with Gasteiger partial charge in [-0.1, -0.05) is 12.8 Å². The molecule has 0 spiro atoms. The highest BCUT2D eigenvalue weighted by Gasteiger charge is 2.21. The van der Waals surface area contributed by atoms with Gasteiger partial charge in [-0.05, 0) is 28.7 Å². The Morgan fingerprint density at radius 1 is 1.53 bits per heavy atom. The molecule has 1 aromatic heterocycles. The highest BCUT2D eigenvalue weighted by Crippen LogP contribution is 2.27. The summed E-state index contributed by atoms with van der Waals surface area (Å²) < 4.78 is 5.45. The summed E-state index contributed by atoms with van der Waals surface area (Å²) >= 11 is 0. The van der Waals surface area contributed by atoms with Crippen LogP contribution in [0, 0.1) is 16.0 Å². The van der Waals surface area contributed by atoms with E-state index in [-0.39, 0.29) is 11.3 Å². The van der Waals surface area contributed by atoms with Crippen LogP contribution in [0.1, 0.15) is 36.0 Å². The molecule has 2 rings (SSSR count). The molecule has 1 aromatic rings. The maximum atomic E-state index is 11.1. The summed E-state index contributed by atoms with van der Waals surface area (Å²) in [5.74, 6) is -1.24. The van der Waals surface area contributed by atoms with Crippen LogP contribution >= 0.6 is 0 Å². The van der Waals surface area contributed by atoms with Gasteiger partial charge in [0.1, 0.15) is 5.56 Å². The Labute approximate surface area is 109 Å². The van der Waals surface area contributed by atoms with Crippen LogP contribution in [0.25, 0.3) is 0 Å². The van der Waals surface area contributed by atoms with Crippen LogP contribution < -0.4 is 4.74 Å². The Kier molecular flexibility index (Phi) is 3.94. The van der Waals surface area contributed by atoms with Gasteiger partial charge < -0.3 is 20.0 Å². The van der Waals surface area contributed by atoms with Crippen LogP contribution in [0.4, 0.5) is 5.82 Å². The fraction of sp³-hybridized carbons (Fsp3) is 0.500. The molecule has 0 saturated heterocycles. The maximum Gasteiger partial charge on any atom is 0.364 e. The number of aromatic carboxylic acids is 1. The molecule has 1 N–H and O–H groups in total. The second-order valence-electron chi connectivity index (χ2n) is 4.56. The third kappa shape index (κ3) is 3.18. The van der Waals surface area contributed by atoms with E-state index in [0.29, 0.717) is 12.5 Å². The number of carboxylic acid groups (broad SMARTS) is 1. The van der Waals surface area contributed by atoms with Crippen molar-refractivity contribution in [2.24, 2.45) is 5.92 Å². The van der Waals surface area contributed by atoms with Crippen molar-refractivity contribution in [1.82, 2.24) is 4.98 Å². The van der Waals surface area contributed by atoms with Crippen molar-refractivity contribution in [2.45, 2.75) is 25.7 Å². The van der Waals surface area contributed by atoms with Gasteiger partial charge in [0.15, 0.2) is 11.9 Å². The second kappa shape index (κ2) is 5.64. The third-order valence-corrected chi connectivity index (χ3v) is 3.22. The Morgan fingerprint density at radius 3 is 2.79 bits per heavy atom. The molecule has 7 heteroatoms. The van der Waals surface area contributed by atoms with Crippen LogP contribution in [-0.4, -0.2) is 27.6 Å². The lowest BCUT2D eigenvalue weighted by atomic mass is 10.1. The SMILES string of the molecule is O=C(O)c1cc([N+](=O)[O-])ncc1OCC1CCCC1. The van der Waals surface area contributed by atoms with E-state index >= 15 is 0 Å². The van der Waals surface area contributed by atoms with Gasteiger partial charge >= 0.3 is 11.8 Å². The molecule has 102 valence electrons. The van der Waals surface area contributed by atoms with E-state index in [1.165, 1.54) is 12.8 Å². The summed E-state index contributed by atoms with van der Waals surface area (Å²) in [6.07, 6.45) is 5.58. The highest BCUT2D eigenvalue weighted by atomic mass is 16.6. The highest BCUT2D eigenvalue weighted by molar-refractivity contribution is 5.91. The molecule has 0 unspecified atom stereocenters. The van der Waals surface area contributed by atoms with Crippen LogP contribution in [-0.2, 0) is 0 Å². The minimum absolute atomic E-state index is 0.0880. The summed E-state index contributed by atoms with van der Waals surface area (Å²) in [7, 11) is 0. The Bertz CT molecular complexity index is 497. The second-order valence-corrected chi connectivity index (χ2v) is 4.56. The number of carboxylic acids is 1. The Morgan fingerprint density at radius 2 is 2.21 bits per heavy atom. The molecule has 0 atom stereocenters. The number of carbonyl (C=O) groups is 1. The molecule has 0 bridgehead atoms. The van der Waals surface area contributed by atoms with E-state index in [0.717, 1.165) is 25.1 Å². The fourth-order valence-corrected chi connectivity index (χ4v) is 2.20. The third-order valence-electron chi connectivity index (χ3n) is 3.22. The van der Waals surface area contributed by atoms with E-state index in [2.05, 4.69) is 4.98 Å². The number of hydrogen-bond acceptors (Lipinski definition) is 5. The minimum atomic E-state index is -1.26. The molecule has 7 nitrogen and oxygen atoms in total. The van der Waals surface area contributed by atoms with Gasteiger partial charge in [0.2, 0.25) is 0 Å². The summed E-state index contributed by atoms with van der Waals surface area (Å²) in [5.41, 5.74) is -0.223. The van der Waals surface area contributed by atoms with Crippen molar-refractivity contribution in [3.8, 4) is 5.75 Å². The molecular weight excluding hydrogens is 252 g/mol. The lowest BCUT2D eigenvalue weighted by Crippen LogP contribution is -2.11. The van der Waals surface area contributed by atoms with Crippen molar-refractivity contribution in [2.75, 3.05) is 6.61 Å². The van der Waals surface area contributed by atoms with E-state index in [1.807, 2.05) is 0 Å². The normalized spacial score (nSPS) is 15.4. The molecule has 1 fully saturated rings. The predicted molar refractivity (Wildman–Crippen MR) is 65.3 cm³/mol. The quantitative estimate of drug-likeness (QED) is 0.647. The van der Waals surface area contributed by atoms with Crippen LogP contribution in [0.5, 0.6) is 5.75 Å². The van der Waals surface area contributed by atoms with E-state index in [4.69, 9.17) is 9.84 Å². The number of nitrogens with zero attached hydrogens (tertiary/aromatic N) is 2. The van der Waals surface area contributed by atoms with Crippen molar-refractivity contribution >= 4 is 11.8 Å². The van der Waals surface area contributed by atoms with Gasteiger partial charge in [-0.15, -0.1) is 0 Å². The van der Waals surface area contributed by atoms with Gasteiger partial charge in [-0.2, -0.15) is 0 Å². The predicted octanol–water partition coefficient (Wildman–Crippen LogP) is 2.26. The van der Waals surface area contributed by atoms with Crippen molar-refractivity contribution < 1.29 is 19.6 Å². The molecule has 0 aliphatic heterocycles. The van der Waals surface area contributed by atoms with Gasteiger partial charge in [0, 0.05) is 0 Å². The number of nitro groups is 1. The van der Waals surface area contributed by atoms with Crippen molar-refractivity contribution in [3.05, 3.63) is 27.9 Å². The first-order chi connectivity index (χ1) is 9.08. The van der Waals surface area contributed by atoms with E-state index < -0.39 is 16.7 Å².